The summed E-state index contributed by atoms with van der Waals surface area (Å²) in [6.45, 7) is 2.30. The number of imide groups is 1. The molecule has 0 radical (unpaired) electrons. The van der Waals surface area contributed by atoms with Crippen molar-refractivity contribution in [1.82, 2.24) is 20.0 Å². The van der Waals surface area contributed by atoms with Crippen LogP contribution in [0.4, 0.5) is 4.79 Å². The first-order valence-corrected chi connectivity index (χ1v) is 11.7. The maximum absolute atomic E-state index is 13.1. The van der Waals surface area contributed by atoms with Crippen LogP contribution in [-0.2, 0) is 20.8 Å². The standard InChI is InChI=1S/C24H30N4O4/c29-21-8-4-7-20-18-11-17(14-28(20)21)13-26(15-18)22(30)12-19-23(31)27(24(32)25-19)10-9-16-5-2-1-3-6-16/h1-3,5-6,17-20H,4,7-15H2,(H,25,32)/t17-,18+,19?,20?/m1/s1. The summed E-state index contributed by atoms with van der Waals surface area (Å²) in [7, 11) is 0. The molecule has 0 saturated carbocycles. The molecule has 1 N–H and O–H groups in total. The fourth-order valence-corrected chi connectivity index (χ4v) is 5.93. The average molecular weight is 439 g/mol. The number of likely N-dealkylation sites (tertiary alicyclic amines) is 1. The molecule has 2 bridgehead atoms. The average Bonchev–Trinajstić information content (AvgIpc) is 3.06. The Morgan fingerprint density at radius 2 is 1.88 bits per heavy atom. The summed E-state index contributed by atoms with van der Waals surface area (Å²) in [6, 6.07) is 8.75. The second-order valence-corrected chi connectivity index (χ2v) is 9.60. The first-order valence-electron chi connectivity index (χ1n) is 11.7. The minimum Gasteiger partial charge on any atom is -0.342 e. The number of carbonyl (C=O) groups is 4. The van der Waals surface area contributed by atoms with Gasteiger partial charge in [0.15, 0.2) is 0 Å². The lowest BCUT2D eigenvalue weighted by Gasteiger charge is -2.52. The number of hydrogen-bond donors (Lipinski definition) is 1. The lowest BCUT2D eigenvalue weighted by molar-refractivity contribution is -0.149. The summed E-state index contributed by atoms with van der Waals surface area (Å²) in [5.74, 6) is 0.462. The fourth-order valence-electron chi connectivity index (χ4n) is 5.93. The van der Waals surface area contributed by atoms with Crippen molar-refractivity contribution in [1.29, 1.82) is 0 Å². The molecule has 4 saturated heterocycles. The van der Waals surface area contributed by atoms with Crippen LogP contribution in [0.5, 0.6) is 0 Å². The van der Waals surface area contributed by atoms with Crippen molar-refractivity contribution in [3.8, 4) is 0 Å². The zero-order valence-electron chi connectivity index (χ0n) is 18.2. The maximum Gasteiger partial charge on any atom is 0.324 e. The van der Waals surface area contributed by atoms with Gasteiger partial charge in [0.05, 0.1) is 6.42 Å². The molecule has 4 aliphatic heterocycles. The van der Waals surface area contributed by atoms with Gasteiger partial charge in [0.25, 0.3) is 5.91 Å². The predicted octanol–water partition coefficient (Wildman–Crippen LogP) is 1.40. The predicted molar refractivity (Wildman–Crippen MR) is 116 cm³/mol. The molecule has 8 heteroatoms. The largest absolute Gasteiger partial charge is 0.342 e. The van der Waals surface area contributed by atoms with Crippen LogP contribution in [0.15, 0.2) is 30.3 Å². The van der Waals surface area contributed by atoms with Crippen LogP contribution in [-0.4, -0.2) is 76.7 Å². The van der Waals surface area contributed by atoms with E-state index in [2.05, 4.69) is 10.2 Å². The first-order chi connectivity index (χ1) is 15.5. The van der Waals surface area contributed by atoms with Gasteiger partial charge in [0.1, 0.15) is 6.04 Å². The van der Waals surface area contributed by atoms with Gasteiger partial charge in [-0.05, 0) is 43.1 Å². The van der Waals surface area contributed by atoms with E-state index < -0.39 is 12.1 Å². The van der Waals surface area contributed by atoms with Crippen LogP contribution in [0, 0.1) is 11.8 Å². The molecule has 0 aromatic heterocycles. The zero-order valence-corrected chi connectivity index (χ0v) is 18.2. The van der Waals surface area contributed by atoms with E-state index in [1.165, 1.54) is 4.90 Å². The molecular weight excluding hydrogens is 408 g/mol. The summed E-state index contributed by atoms with van der Waals surface area (Å²) in [5, 5.41) is 2.70. The fraction of sp³-hybridized carbons (Fsp3) is 0.583. The molecule has 32 heavy (non-hydrogen) atoms. The third-order valence-corrected chi connectivity index (χ3v) is 7.49. The summed E-state index contributed by atoms with van der Waals surface area (Å²) in [5.41, 5.74) is 1.06. The first kappa shape index (κ1) is 21.0. The number of amides is 5. The van der Waals surface area contributed by atoms with Gasteiger partial charge < -0.3 is 15.1 Å². The number of nitrogens with zero attached hydrogens (tertiary/aromatic N) is 3. The Bertz CT molecular complexity index is 920. The van der Waals surface area contributed by atoms with Crippen molar-refractivity contribution in [2.75, 3.05) is 26.2 Å². The van der Waals surface area contributed by atoms with Crippen molar-refractivity contribution >= 4 is 23.8 Å². The van der Waals surface area contributed by atoms with Crippen LogP contribution in [0.2, 0.25) is 0 Å². The smallest absolute Gasteiger partial charge is 0.324 e. The Kier molecular flexibility index (Phi) is 5.61. The van der Waals surface area contributed by atoms with Crippen molar-refractivity contribution in [3.05, 3.63) is 35.9 Å². The topological polar surface area (TPSA) is 90.0 Å². The van der Waals surface area contributed by atoms with Crippen LogP contribution in [0.25, 0.3) is 0 Å². The highest BCUT2D eigenvalue weighted by Crippen LogP contribution is 2.38. The summed E-state index contributed by atoms with van der Waals surface area (Å²) >= 11 is 0. The van der Waals surface area contributed by atoms with E-state index in [0.717, 1.165) is 31.4 Å². The number of hydrogen-bond acceptors (Lipinski definition) is 4. The van der Waals surface area contributed by atoms with E-state index in [1.807, 2.05) is 35.2 Å². The van der Waals surface area contributed by atoms with E-state index in [1.54, 1.807) is 0 Å². The highest BCUT2D eigenvalue weighted by Gasteiger charge is 2.46. The second-order valence-electron chi connectivity index (χ2n) is 9.60. The second kappa shape index (κ2) is 8.56. The molecule has 4 heterocycles. The van der Waals surface area contributed by atoms with E-state index >= 15 is 0 Å². The molecule has 0 aliphatic carbocycles. The SMILES string of the molecule is O=C(CC1NC(=O)N(CCc2ccccc2)C1=O)N1C[C@H]2C[C@@H](C1)C1CCCC(=O)N1C2. The van der Waals surface area contributed by atoms with E-state index in [4.69, 9.17) is 0 Å². The molecule has 8 nitrogen and oxygen atoms in total. The number of nitrogens with one attached hydrogen (secondary N) is 1. The number of benzene rings is 1. The normalized spacial score (nSPS) is 29.8. The third kappa shape index (κ3) is 3.98. The highest BCUT2D eigenvalue weighted by atomic mass is 16.2. The van der Waals surface area contributed by atoms with Gasteiger partial charge in [-0.1, -0.05) is 30.3 Å². The molecule has 170 valence electrons. The Morgan fingerprint density at radius 3 is 2.69 bits per heavy atom. The number of fused-ring (bicyclic) bond motifs is 4. The maximum atomic E-state index is 13.1. The summed E-state index contributed by atoms with van der Waals surface area (Å²) in [4.78, 5) is 55.7. The molecular formula is C24H30N4O4. The van der Waals surface area contributed by atoms with Crippen molar-refractivity contribution in [3.63, 3.8) is 0 Å². The molecule has 5 amide bonds. The lowest BCUT2D eigenvalue weighted by Crippen LogP contribution is -2.61. The quantitative estimate of drug-likeness (QED) is 0.704. The molecule has 1 aromatic carbocycles. The van der Waals surface area contributed by atoms with Gasteiger partial charge >= 0.3 is 6.03 Å². The Balaban J connectivity index is 1.18. The Labute approximate surface area is 187 Å². The molecule has 4 fully saturated rings. The van der Waals surface area contributed by atoms with Gasteiger partial charge in [-0.2, -0.15) is 0 Å². The van der Waals surface area contributed by atoms with Gasteiger partial charge in [-0.3, -0.25) is 19.3 Å². The zero-order chi connectivity index (χ0) is 22.2. The van der Waals surface area contributed by atoms with E-state index in [0.29, 0.717) is 44.3 Å². The van der Waals surface area contributed by atoms with Crippen LogP contribution in [0.3, 0.4) is 0 Å². The highest BCUT2D eigenvalue weighted by molar-refractivity contribution is 6.05. The summed E-state index contributed by atoms with van der Waals surface area (Å²) in [6.07, 6.45) is 4.23. The molecule has 2 unspecified atom stereocenters. The minimum absolute atomic E-state index is 0.000832. The van der Waals surface area contributed by atoms with Crippen LogP contribution >= 0.6 is 0 Å². The summed E-state index contributed by atoms with van der Waals surface area (Å²) < 4.78 is 0. The third-order valence-electron chi connectivity index (χ3n) is 7.49. The van der Waals surface area contributed by atoms with Crippen LogP contribution < -0.4 is 5.32 Å². The molecule has 0 spiro atoms. The van der Waals surface area contributed by atoms with Crippen molar-refractivity contribution < 1.29 is 19.2 Å². The van der Waals surface area contributed by atoms with E-state index in [9.17, 15) is 19.2 Å². The molecule has 4 atom stereocenters. The Morgan fingerprint density at radius 1 is 1.06 bits per heavy atom. The monoisotopic (exact) mass is 438 g/mol. The Hall–Kier alpha value is -2.90. The van der Waals surface area contributed by atoms with Crippen molar-refractivity contribution in [2.45, 2.75) is 50.6 Å². The number of piperidine rings is 3. The van der Waals surface area contributed by atoms with Gasteiger partial charge in [0.2, 0.25) is 11.8 Å². The molecule has 1 aromatic rings. The number of rotatable bonds is 5. The number of urea groups is 1. The number of carbonyl (C=O) groups excluding carboxylic acids is 4. The molecule has 5 rings (SSSR count). The lowest BCUT2D eigenvalue weighted by atomic mass is 9.76. The van der Waals surface area contributed by atoms with Gasteiger partial charge in [-0.25, -0.2) is 4.79 Å². The van der Waals surface area contributed by atoms with Crippen LogP contribution in [0.1, 0.15) is 37.7 Å². The molecule has 4 aliphatic rings. The van der Waals surface area contributed by atoms with Gasteiger partial charge in [0, 0.05) is 38.6 Å². The van der Waals surface area contributed by atoms with Gasteiger partial charge in [-0.15, -0.1) is 0 Å². The minimum atomic E-state index is -0.791. The van der Waals surface area contributed by atoms with E-state index in [-0.39, 0.29) is 30.2 Å². The van der Waals surface area contributed by atoms with Crippen molar-refractivity contribution in [2.24, 2.45) is 11.8 Å².